The summed E-state index contributed by atoms with van der Waals surface area (Å²) in [5, 5.41) is 14.6. The first-order valence-electron chi connectivity index (χ1n) is 6.41. The van der Waals surface area contributed by atoms with Crippen molar-refractivity contribution in [2.75, 3.05) is 0 Å². The van der Waals surface area contributed by atoms with Crippen LogP contribution in [-0.4, -0.2) is 20.9 Å². The summed E-state index contributed by atoms with van der Waals surface area (Å²) in [5.74, 6) is -0.117. The lowest BCUT2D eigenvalue weighted by molar-refractivity contribution is -0.137. The zero-order valence-electron chi connectivity index (χ0n) is 10.6. The number of hydrogen-bond donors (Lipinski definition) is 1. The summed E-state index contributed by atoms with van der Waals surface area (Å²) < 4.78 is 2.66. The van der Waals surface area contributed by atoms with Crippen LogP contribution in [0.15, 0.2) is 22.8 Å². The molecular weight excluding hydrogens is 308 g/mol. The van der Waals surface area contributed by atoms with Gasteiger partial charge in [0.05, 0.1) is 11.9 Å². The average molecular weight is 323 g/mol. The number of nitrogens with zero attached hydrogens (tertiary/aromatic N) is 2. The topological polar surface area (TPSA) is 55.1 Å². The molecule has 4 nitrogen and oxygen atoms in total. The molecule has 5 heteroatoms. The van der Waals surface area contributed by atoms with E-state index in [1.165, 1.54) is 0 Å². The van der Waals surface area contributed by atoms with Crippen molar-refractivity contribution in [1.29, 1.82) is 0 Å². The summed E-state index contributed by atoms with van der Waals surface area (Å²) in [6, 6.07) is 6.05. The van der Waals surface area contributed by atoms with Crippen LogP contribution in [0.1, 0.15) is 30.7 Å². The van der Waals surface area contributed by atoms with Gasteiger partial charge >= 0.3 is 5.97 Å². The number of carboxylic acid groups (broad SMARTS) is 1. The second-order valence-corrected chi connectivity index (χ2v) is 5.95. The van der Waals surface area contributed by atoms with E-state index in [1.54, 1.807) is 0 Å². The van der Waals surface area contributed by atoms with Gasteiger partial charge in [0.25, 0.3) is 0 Å². The molecule has 1 aliphatic carbocycles. The van der Waals surface area contributed by atoms with Gasteiger partial charge in [-0.05, 0) is 46.2 Å². The zero-order valence-corrected chi connectivity index (χ0v) is 12.2. The largest absolute Gasteiger partial charge is 0.481 e. The molecule has 1 unspecified atom stereocenters. The number of carbonyl (C=O) groups is 1. The van der Waals surface area contributed by atoms with E-state index in [4.69, 9.17) is 5.11 Å². The fraction of sp³-hybridized carbons (Fsp3) is 0.429. The number of hydrogen-bond acceptors (Lipinski definition) is 2. The fourth-order valence-corrected chi connectivity index (χ4v) is 3.40. The third-order valence-corrected chi connectivity index (χ3v) is 4.42. The van der Waals surface area contributed by atoms with E-state index >= 15 is 0 Å². The summed E-state index contributed by atoms with van der Waals surface area (Å²) in [7, 11) is 1.90. The van der Waals surface area contributed by atoms with Crippen molar-refractivity contribution in [3.63, 3.8) is 0 Å². The maximum Gasteiger partial charge on any atom is 0.303 e. The number of carboxylic acids is 1. The number of aryl methyl sites for hydroxylation is 1. The SMILES string of the molecule is Cn1nc(Br)c2cccc(C(CC(=O)O)C3CC3)c21. The van der Waals surface area contributed by atoms with Gasteiger partial charge in [0, 0.05) is 12.4 Å². The lowest BCUT2D eigenvalue weighted by atomic mass is 9.89. The summed E-state index contributed by atoms with van der Waals surface area (Å²) >= 11 is 3.46. The van der Waals surface area contributed by atoms with Gasteiger partial charge in [0.15, 0.2) is 0 Å². The quantitative estimate of drug-likeness (QED) is 0.939. The number of fused-ring (bicyclic) bond motifs is 1. The number of benzene rings is 1. The van der Waals surface area contributed by atoms with Crippen molar-refractivity contribution in [1.82, 2.24) is 9.78 Å². The summed E-state index contributed by atoms with van der Waals surface area (Å²) in [6.07, 6.45) is 2.47. The van der Waals surface area contributed by atoms with E-state index < -0.39 is 5.97 Å². The Morgan fingerprint density at radius 1 is 1.58 bits per heavy atom. The molecule has 1 heterocycles. The van der Waals surface area contributed by atoms with Crippen LogP contribution >= 0.6 is 15.9 Å². The van der Waals surface area contributed by atoms with Crippen molar-refractivity contribution in [2.45, 2.75) is 25.2 Å². The molecule has 1 saturated carbocycles. The Balaban J connectivity index is 2.14. The standard InChI is InChI=1S/C14H15BrN2O2/c1-17-13-9(3-2-4-10(13)14(15)16-17)11(7-12(18)19)8-5-6-8/h2-4,8,11H,5-7H2,1H3,(H,18,19). The van der Waals surface area contributed by atoms with Crippen LogP contribution in [0.3, 0.4) is 0 Å². The molecule has 0 spiro atoms. The highest BCUT2D eigenvalue weighted by molar-refractivity contribution is 9.10. The molecule has 1 N–H and O–H groups in total. The Kier molecular flexibility index (Phi) is 3.09. The summed E-state index contributed by atoms with van der Waals surface area (Å²) in [5.41, 5.74) is 2.16. The maximum atomic E-state index is 11.1. The van der Waals surface area contributed by atoms with Crippen molar-refractivity contribution in [3.05, 3.63) is 28.4 Å². The van der Waals surface area contributed by atoms with Crippen LogP contribution in [0.25, 0.3) is 10.9 Å². The summed E-state index contributed by atoms with van der Waals surface area (Å²) in [6.45, 7) is 0. The molecule has 0 saturated heterocycles. The van der Waals surface area contributed by atoms with Gasteiger partial charge in [-0.3, -0.25) is 9.48 Å². The second kappa shape index (κ2) is 4.63. The molecule has 0 radical (unpaired) electrons. The second-order valence-electron chi connectivity index (χ2n) is 5.20. The molecule has 0 amide bonds. The highest BCUT2D eigenvalue weighted by Crippen LogP contribution is 2.46. The minimum absolute atomic E-state index is 0.100. The summed E-state index contributed by atoms with van der Waals surface area (Å²) in [4.78, 5) is 11.1. The Morgan fingerprint density at radius 2 is 2.32 bits per heavy atom. The average Bonchev–Trinajstić information content (AvgIpc) is 3.14. The molecule has 0 aliphatic heterocycles. The number of para-hydroxylation sites is 1. The molecule has 19 heavy (non-hydrogen) atoms. The highest BCUT2D eigenvalue weighted by atomic mass is 79.9. The van der Waals surface area contributed by atoms with Gasteiger partial charge in [0.1, 0.15) is 4.60 Å². The van der Waals surface area contributed by atoms with Gasteiger partial charge in [-0.1, -0.05) is 18.2 Å². The first kappa shape index (κ1) is 12.7. The normalized spacial score (nSPS) is 16.7. The van der Waals surface area contributed by atoms with Gasteiger partial charge in [-0.2, -0.15) is 5.10 Å². The van der Waals surface area contributed by atoms with Crippen molar-refractivity contribution in [3.8, 4) is 0 Å². The molecule has 1 fully saturated rings. The van der Waals surface area contributed by atoms with E-state index in [2.05, 4.69) is 21.0 Å². The predicted molar refractivity (Wildman–Crippen MR) is 76.1 cm³/mol. The van der Waals surface area contributed by atoms with E-state index in [1.807, 2.05) is 29.9 Å². The van der Waals surface area contributed by atoms with Gasteiger partial charge in [0.2, 0.25) is 0 Å². The molecule has 3 rings (SSSR count). The van der Waals surface area contributed by atoms with E-state index in [9.17, 15) is 4.79 Å². The van der Waals surface area contributed by atoms with Gasteiger partial charge in [-0.15, -0.1) is 0 Å². The Labute approximate surface area is 119 Å². The molecule has 1 aliphatic rings. The van der Waals surface area contributed by atoms with Gasteiger partial charge < -0.3 is 5.11 Å². The van der Waals surface area contributed by atoms with Crippen molar-refractivity contribution in [2.24, 2.45) is 13.0 Å². The number of halogens is 1. The molecule has 100 valence electrons. The fourth-order valence-electron chi connectivity index (χ4n) is 2.84. The van der Waals surface area contributed by atoms with E-state index in [0.717, 1.165) is 33.9 Å². The first-order chi connectivity index (χ1) is 9.08. The molecule has 2 aromatic rings. The predicted octanol–water partition coefficient (Wildman–Crippen LogP) is 3.30. The molecule has 1 aromatic carbocycles. The monoisotopic (exact) mass is 322 g/mol. The molecule has 1 atom stereocenters. The Morgan fingerprint density at radius 3 is 2.95 bits per heavy atom. The smallest absolute Gasteiger partial charge is 0.303 e. The van der Waals surface area contributed by atoms with Crippen LogP contribution in [0, 0.1) is 5.92 Å². The lowest BCUT2D eigenvalue weighted by Gasteiger charge is -2.16. The number of rotatable bonds is 4. The number of aliphatic carboxylic acids is 1. The van der Waals surface area contributed by atoms with Crippen molar-refractivity contribution < 1.29 is 9.90 Å². The van der Waals surface area contributed by atoms with Crippen LogP contribution in [0.4, 0.5) is 0 Å². The first-order valence-corrected chi connectivity index (χ1v) is 7.20. The molecule has 1 aromatic heterocycles. The zero-order chi connectivity index (χ0) is 13.6. The Bertz CT molecular complexity index is 646. The minimum Gasteiger partial charge on any atom is -0.481 e. The lowest BCUT2D eigenvalue weighted by Crippen LogP contribution is -2.10. The molecule has 0 bridgehead atoms. The third kappa shape index (κ3) is 2.27. The highest BCUT2D eigenvalue weighted by Gasteiger charge is 2.35. The maximum absolute atomic E-state index is 11.1. The van der Waals surface area contributed by atoms with Crippen LogP contribution in [0.5, 0.6) is 0 Å². The van der Waals surface area contributed by atoms with Crippen LogP contribution < -0.4 is 0 Å². The van der Waals surface area contributed by atoms with Crippen LogP contribution in [-0.2, 0) is 11.8 Å². The third-order valence-electron chi connectivity index (χ3n) is 3.84. The van der Waals surface area contributed by atoms with Crippen molar-refractivity contribution >= 4 is 32.8 Å². The van der Waals surface area contributed by atoms with E-state index in [0.29, 0.717) is 5.92 Å². The van der Waals surface area contributed by atoms with Crippen LogP contribution in [0.2, 0.25) is 0 Å². The minimum atomic E-state index is -0.727. The number of aromatic nitrogens is 2. The van der Waals surface area contributed by atoms with E-state index in [-0.39, 0.29) is 12.3 Å². The Hall–Kier alpha value is -1.36. The molecular formula is C14H15BrN2O2. The van der Waals surface area contributed by atoms with Gasteiger partial charge in [-0.25, -0.2) is 0 Å².